The Labute approximate surface area is 104 Å². The summed E-state index contributed by atoms with van der Waals surface area (Å²) < 4.78 is 0. The number of nitrogens with zero attached hydrogens (tertiary/aromatic N) is 1. The predicted octanol–water partition coefficient (Wildman–Crippen LogP) is 1.06. The van der Waals surface area contributed by atoms with Crippen molar-refractivity contribution >= 4 is 23.4 Å². The van der Waals surface area contributed by atoms with Gasteiger partial charge in [0.05, 0.1) is 11.6 Å². The molecule has 4 N–H and O–H groups in total. The molecule has 0 saturated carbocycles. The number of urea groups is 2. The third-order valence-corrected chi connectivity index (χ3v) is 2.03. The lowest BCUT2D eigenvalue weighted by Gasteiger charge is -2.09. The number of amides is 4. The molecule has 1 aromatic carbocycles. The molecule has 0 saturated heterocycles. The Bertz CT molecular complexity index is 470. The van der Waals surface area contributed by atoms with Crippen LogP contribution in [0.5, 0.6) is 0 Å². The number of hydrogen-bond donors (Lipinski definition) is 4. The van der Waals surface area contributed by atoms with Gasteiger partial charge in [-0.1, -0.05) is 0 Å². The Hall–Kier alpha value is -2.75. The maximum atomic E-state index is 11.2. The predicted molar refractivity (Wildman–Crippen MR) is 67.3 cm³/mol. The maximum Gasteiger partial charge on any atom is 0.318 e. The first-order valence-electron chi connectivity index (χ1n) is 5.11. The number of nitriles is 1. The van der Waals surface area contributed by atoms with Crippen molar-refractivity contribution in [2.45, 2.75) is 0 Å². The van der Waals surface area contributed by atoms with Gasteiger partial charge in [0.2, 0.25) is 0 Å². The van der Waals surface area contributed by atoms with Gasteiger partial charge >= 0.3 is 12.1 Å². The fraction of sp³-hybridized carbons (Fsp3) is 0.182. The molecular formula is C11H13N5O2. The average Bonchev–Trinajstić information content (AvgIpc) is 2.37. The summed E-state index contributed by atoms with van der Waals surface area (Å²) in [5, 5.41) is 18.7. The molecule has 4 amide bonds. The van der Waals surface area contributed by atoms with Gasteiger partial charge in [-0.05, 0) is 18.2 Å². The number of anilines is 2. The van der Waals surface area contributed by atoms with Crippen molar-refractivity contribution in [3.05, 3.63) is 23.8 Å². The van der Waals surface area contributed by atoms with Crippen molar-refractivity contribution < 1.29 is 9.59 Å². The molecule has 1 rings (SSSR count). The van der Waals surface area contributed by atoms with Crippen LogP contribution in [0.4, 0.5) is 21.0 Å². The van der Waals surface area contributed by atoms with Crippen LogP contribution < -0.4 is 21.3 Å². The zero-order chi connectivity index (χ0) is 13.5. The van der Waals surface area contributed by atoms with Gasteiger partial charge in [0, 0.05) is 25.5 Å². The Kier molecular flexibility index (Phi) is 4.51. The van der Waals surface area contributed by atoms with Crippen LogP contribution in [0.15, 0.2) is 18.2 Å². The first-order chi connectivity index (χ1) is 8.58. The van der Waals surface area contributed by atoms with Crippen LogP contribution in [0.3, 0.4) is 0 Å². The third kappa shape index (κ3) is 3.68. The van der Waals surface area contributed by atoms with Gasteiger partial charge in [0.1, 0.15) is 0 Å². The number of nitrogens with one attached hydrogen (secondary N) is 4. The first kappa shape index (κ1) is 13.3. The molecule has 18 heavy (non-hydrogen) atoms. The minimum atomic E-state index is -0.406. The van der Waals surface area contributed by atoms with Crippen molar-refractivity contribution in [2.24, 2.45) is 0 Å². The van der Waals surface area contributed by atoms with E-state index in [0.29, 0.717) is 16.9 Å². The molecule has 0 spiro atoms. The zero-order valence-corrected chi connectivity index (χ0v) is 10.00. The summed E-state index contributed by atoms with van der Waals surface area (Å²) >= 11 is 0. The fourth-order valence-electron chi connectivity index (χ4n) is 1.22. The minimum absolute atomic E-state index is 0.329. The topological polar surface area (TPSA) is 106 Å². The highest BCUT2D eigenvalue weighted by molar-refractivity contribution is 5.93. The molecule has 7 heteroatoms. The first-order valence-corrected chi connectivity index (χ1v) is 5.11. The molecule has 0 aromatic heterocycles. The zero-order valence-electron chi connectivity index (χ0n) is 10.00. The molecule has 94 valence electrons. The van der Waals surface area contributed by atoms with E-state index in [4.69, 9.17) is 5.26 Å². The Morgan fingerprint density at radius 3 is 1.78 bits per heavy atom. The monoisotopic (exact) mass is 247 g/mol. The number of benzene rings is 1. The lowest BCUT2D eigenvalue weighted by atomic mass is 10.2. The summed E-state index contributed by atoms with van der Waals surface area (Å²) in [4.78, 5) is 22.3. The molecule has 1 aromatic rings. The van der Waals surface area contributed by atoms with E-state index in [2.05, 4.69) is 21.3 Å². The number of carbonyl (C=O) groups is 2. The third-order valence-electron chi connectivity index (χ3n) is 2.03. The molecule has 0 aliphatic rings. The molecule has 0 radical (unpaired) electrons. The van der Waals surface area contributed by atoms with E-state index in [1.165, 1.54) is 26.2 Å². The molecule has 0 aliphatic carbocycles. The van der Waals surface area contributed by atoms with Crippen LogP contribution in [0.1, 0.15) is 5.56 Å². The van der Waals surface area contributed by atoms with E-state index in [1.807, 2.05) is 6.07 Å². The Morgan fingerprint density at radius 1 is 1.00 bits per heavy atom. The number of rotatable bonds is 2. The fourth-order valence-corrected chi connectivity index (χ4v) is 1.22. The second-order valence-corrected chi connectivity index (χ2v) is 3.32. The standard InChI is InChI=1S/C11H13N5O2/c1-13-10(17)15-8-3-7(6-12)4-9(5-8)16-11(18)14-2/h3-5H,1-2H3,(H2,13,15,17)(H2,14,16,18). The van der Waals surface area contributed by atoms with Crippen LogP contribution in [0.25, 0.3) is 0 Å². The smallest absolute Gasteiger partial charge is 0.318 e. The van der Waals surface area contributed by atoms with Crippen LogP contribution in [-0.4, -0.2) is 26.2 Å². The van der Waals surface area contributed by atoms with Crippen molar-refractivity contribution in [1.82, 2.24) is 10.6 Å². The van der Waals surface area contributed by atoms with Gasteiger partial charge < -0.3 is 21.3 Å². The highest BCUT2D eigenvalue weighted by atomic mass is 16.2. The molecule has 7 nitrogen and oxygen atoms in total. The van der Waals surface area contributed by atoms with E-state index >= 15 is 0 Å². The normalized spacial score (nSPS) is 8.94. The molecular weight excluding hydrogens is 234 g/mol. The lowest BCUT2D eigenvalue weighted by Crippen LogP contribution is -2.25. The van der Waals surface area contributed by atoms with E-state index < -0.39 is 12.1 Å². The summed E-state index contributed by atoms with van der Waals surface area (Å²) in [7, 11) is 2.96. The largest absolute Gasteiger partial charge is 0.341 e. The van der Waals surface area contributed by atoms with E-state index in [1.54, 1.807) is 6.07 Å². The molecule has 0 fully saturated rings. The highest BCUT2D eigenvalue weighted by Gasteiger charge is 2.05. The maximum absolute atomic E-state index is 11.2. The molecule has 0 aliphatic heterocycles. The summed E-state index contributed by atoms with van der Waals surface area (Å²) in [6.07, 6.45) is 0. The molecule has 0 atom stereocenters. The summed E-state index contributed by atoms with van der Waals surface area (Å²) in [6.45, 7) is 0. The Morgan fingerprint density at radius 2 is 1.44 bits per heavy atom. The average molecular weight is 247 g/mol. The molecule has 0 unspecified atom stereocenters. The SMILES string of the molecule is CNC(=O)Nc1cc(C#N)cc(NC(=O)NC)c1. The van der Waals surface area contributed by atoms with Crippen LogP contribution in [-0.2, 0) is 0 Å². The minimum Gasteiger partial charge on any atom is -0.341 e. The second-order valence-electron chi connectivity index (χ2n) is 3.32. The van der Waals surface area contributed by atoms with Gasteiger partial charge in [-0.3, -0.25) is 0 Å². The molecule has 0 bridgehead atoms. The van der Waals surface area contributed by atoms with Gasteiger partial charge in [-0.25, -0.2) is 9.59 Å². The van der Waals surface area contributed by atoms with Crippen LogP contribution in [0.2, 0.25) is 0 Å². The Balaban J connectivity index is 2.98. The van der Waals surface area contributed by atoms with Crippen molar-refractivity contribution in [3.63, 3.8) is 0 Å². The lowest BCUT2D eigenvalue weighted by molar-refractivity contribution is 0.253. The van der Waals surface area contributed by atoms with E-state index in [0.717, 1.165) is 0 Å². The number of carbonyl (C=O) groups excluding carboxylic acids is 2. The van der Waals surface area contributed by atoms with E-state index in [9.17, 15) is 9.59 Å². The van der Waals surface area contributed by atoms with Gasteiger partial charge in [-0.15, -0.1) is 0 Å². The number of hydrogen-bond acceptors (Lipinski definition) is 3. The quantitative estimate of drug-likeness (QED) is 0.627. The van der Waals surface area contributed by atoms with Gasteiger partial charge in [0.15, 0.2) is 0 Å². The van der Waals surface area contributed by atoms with E-state index in [-0.39, 0.29) is 0 Å². The van der Waals surface area contributed by atoms with Crippen molar-refractivity contribution in [2.75, 3.05) is 24.7 Å². The van der Waals surface area contributed by atoms with Gasteiger partial charge in [0.25, 0.3) is 0 Å². The van der Waals surface area contributed by atoms with Crippen LogP contribution >= 0.6 is 0 Å². The summed E-state index contributed by atoms with van der Waals surface area (Å²) in [5.74, 6) is 0. The summed E-state index contributed by atoms with van der Waals surface area (Å²) in [6, 6.07) is 5.69. The van der Waals surface area contributed by atoms with Crippen LogP contribution in [0, 0.1) is 11.3 Å². The van der Waals surface area contributed by atoms with Gasteiger partial charge in [-0.2, -0.15) is 5.26 Å². The highest BCUT2D eigenvalue weighted by Crippen LogP contribution is 2.18. The van der Waals surface area contributed by atoms with Crippen molar-refractivity contribution in [1.29, 1.82) is 5.26 Å². The van der Waals surface area contributed by atoms with Crippen molar-refractivity contribution in [3.8, 4) is 6.07 Å². The molecule has 0 heterocycles. The summed E-state index contributed by atoms with van der Waals surface area (Å²) in [5.41, 5.74) is 1.16. The second kappa shape index (κ2) is 6.10.